The van der Waals surface area contributed by atoms with E-state index in [4.69, 9.17) is 5.10 Å². The molecule has 0 spiro atoms. The highest BCUT2D eigenvalue weighted by atomic mass is 15.3. The first-order valence-electron chi connectivity index (χ1n) is 7.97. The number of fused-ring (bicyclic) bond motifs is 1. The number of aryl methyl sites for hydroxylation is 1. The maximum atomic E-state index is 4.81. The third kappa shape index (κ3) is 3.40. The molecule has 3 heteroatoms. The van der Waals surface area contributed by atoms with Gasteiger partial charge >= 0.3 is 0 Å². The normalized spacial score (nSPS) is 12.9. The second kappa shape index (κ2) is 7.44. The number of rotatable bonds is 8. The molecule has 1 unspecified atom stereocenters. The molecule has 2 aromatic rings. The molecule has 1 atom stereocenters. The Balaban J connectivity index is 2.22. The number of hydrogen-bond acceptors (Lipinski definition) is 2. The van der Waals surface area contributed by atoms with Crippen molar-refractivity contribution in [1.29, 1.82) is 0 Å². The van der Waals surface area contributed by atoms with E-state index >= 15 is 0 Å². The second-order valence-corrected chi connectivity index (χ2v) is 5.42. The highest BCUT2D eigenvalue weighted by molar-refractivity contribution is 5.82. The van der Waals surface area contributed by atoms with Crippen molar-refractivity contribution in [3.05, 3.63) is 30.0 Å². The summed E-state index contributed by atoms with van der Waals surface area (Å²) in [6.07, 6.45) is 4.65. The van der Waals surface area contributed by atoms with Gasteiger partial charge in [-0.1, -0.05) is 38.5 Å². The minimum Gasteiger partial charge on any atom is -0.314 e. The van der Waals surface area contributed by atoms with Crippen LogP contribution in [0.15, 0.2) is 24.3 Å². The van der Waals surface area contributed by atoms with Crippen LogP contribution >= 0.6 is 0 Å². The summed E-state index contributed by atoms with van der Waals surface area (Å²) in [4.78, 5) is 0. The van der Waals surface area contributed by atoms with Crippen LogP contribution in [0, 0.1) is 0 Å². The summed E-state index contributed by atoms with van der Waals surface area (Å²) >= 11 is 0. The summed E-state index contributed by atoms with van der Waals surface area (Å²) in [6.45, 7) is 8.65. The zero-order valence-corrected chi connectivity index (χ0v) is 13.0. The van der Waals surface area contributed by atoms with Gasteiger partial charge in [-0.2, -0.15) is 5.10 Å². The molecular formula is C17H27N3. The lowest BCUT2D eigenvalue weighted by Gasteiger charge is -2.16. The Morgan fingerprint density at radius 2 is 1.95 bits per heavy atom. The molecule has 3 nitrogen and oxygen atoms in total. The van der Waals surface area contributed by atoms with E-state index in [1.54, 1.807) is 0 Å². The summed E-state index contributed by atoms with van der Waals surface area (Å²) in [5.41, 5.74) is 2.50. The van der Waals surface area contributed by atoms with Crippen LogP contribution in [0.25, 0.3) is 10.9 Å². The Bertz CT molecular complexity index is 530. The Kier molecular flexibility index (Phi) is 5.60. The van der Waals surface area contributed by atoms with Gasteiger partial charge in [0.25, 0.3) is 0 Å². The van der Waals surface area contributed by atoms with Crippen LogP contribution in [-0.4, -0.2) is 22.4 Å². The highest BCUT2D eigenvalue weighted by Gasteiger charge is 2.14. The molecule has 0 bridgehead atoms. The fourth-order valence-corrected chi connectivity index (χ4v) is 2.79. The number of nitrogens with zero attached hydrogens (tertiary/aromatic N) is 2. The van der Waals surface area contributed by atoms with Crippen LogP contribution in [-0.2, 0) is 13.0 Å². The van der Waals surface area contributed by atoms with Gasteiger partial charge in [-0.3, -0.25) is 4.68 Å². The first-order valence-corrected chi connectivity index (χ1v) is 7.97. The largest absolute Gasteiger partial charge is 0.314 e. The summed E-state index contributed by atoms with van der Waals surface area (Å²) in [5, 5.41) is 9.79. The van der Waals surface area contributed by atoms with Crippen LogP contribution < -0.4 is 5.32 Å². The van der Waals surface area contributed by atoms with Gasteiger partial charge in [-0.15, -0.1) is 0 Å². The van der Waals surface area contributed by atoms with Gasteiger partial charge in [-0.25, -0.2) is 0 Å². The number of para-hydroxylation sites is 1. The zero-order chi connectivity index (χ0) is 14.4. The van der Waals surface area contributed by atoms with E-state index < -0.39 is 0 Å². The molecule has 0 radical (unpaired) electrons. The molecule has 1 aromatic carbocycles. The van der Waals surface area contributed by atoms with Gasteiger partial charge in [0, 0.05) is 24.4 Å². The first kappa shape index (κ1) is 15.0. The maximum Gasteiger partial charge on any atom is 0.0718 e. The van der Waals surface area contributed by atoms with Crippen molar-refractivity contribution in [2.75, 3.05) is 6.54 Å². The molecule has 20 heavy (non-hydrogen) atoms. The Morgan fingerprint density at radius 3 is 2.65 bits per heavy atom. The average Bonchev–Trinajstić information content (AvgIpc) is 2.83. The predicted molar refractivity (Wildman–Crippen MR) is 86.1 cm³/mol. The summed E-state index contributed by atoms with van der Waals surface area (Å²) in [5.74, 6) is 0. The Morgan fingerprint density at radius 1 is 1.15 bits per heavy atom. The van der Waals surface area contributed by atoms with Crippen molar-refractivity contribution < 1.29 is 0 Å². The van der Waals surface area contributed by atoms with E-state index in [2.05, 4.69) is 55.0 Å². The fraction of sp³-hybridized carbons (Fsp3) is 0.588. The van der Waals surface area contributed by atoms with Gasteiger partial charge in [0.15, 0.2) is 0 Å². The predicted octanol–water partition coefficient (Wildman–Crippen LogP) is 3.77. The lowest BCUT2D eigenvalue weighted by atomic mass is 10.0. The number of nitrogens with one attached hydrogen (secondary N) is 1. The van der Waals surface area contributed by atoms with E-state index in [9.17, 15) is 0 Å². The van der Waals surface area contributed by atoms with Gasteiger partial charge < -0.3 is 5.32 Å². The monoisotopic (exact) mass is 273 g/mol. The van der Waals surface area contributed by atoms with Crippen molar-refractivity contribution in [3.63, 3.8) is 0 Å². The topological polar surface area (TPSA) is 29.9 Å². The molecule has 0 aliphatic heterocycles. The zero-order valence-electron chi connectivity index (χ0n) is 13.0. The van der Waals surface area contributed by atoms with Gasteiger partial charge in [0.05, 0.1) is 11.2 Å². The molecule has 0 saturated carbocycles. The summed E-state index contributed by atoms with van der Waals surface area (Å²) in [7, 11) is 0. The molecule has 110 valence electrons. The molecule has 2 rings (SSSR count). The number of benzene rings is 1. The van der Waals surface area contributed by atoms with Crippen LogP contribution in [0.1, 0.15) is 45.7 Å². The molecule has 0 aliphatic rings. The van der Waals surface area contributed by atoms with Crippen molar-refractivity contribution in [2.45, 2.75) is 59.0 Å². The average molecular weight is 273 g/mol. The van der Waals surface area contributed by atoms with E-state index in [0.717, 1.165) is 19.5 Å². The first-order chi connectivity index (χ1) is 9.80. The molecule has 1 aromatic heterocycles. The van der Waals surface area contributed by atoms with Crippen molar-refractivity contribution in [2.24, 2.45) is 0 Å². The van der Waals surface area contributed by atoms with E-state index in [-0.39, 0.29) is 0 Å². The number of aromatic nitrogens is 2. The number of hydrogen-bond donors (Lipinski definition) is 1. The molecular weight excluding hydrogens is 246 g/mol. The Labute approximate surface area is 122 Å². The van der Waals surface area contributed by atoms with Crippen LogP contribution in [0.3, 0.4) is 0 Å². The smallest absolute Gasteiger partial charge is 0.0718 e. The second-order valence-electron chi connectivity index (χ2n) is 5.42. The lowest BCUT2D eigenvalue weighted by molar-refractivity contribution is 0.467. The third-order valence-corrected chi connectivity index (χ3v) is 3.79. The summed E-state index contributed by atoms with van der Waals surface area (Å²) in [6, 6.07) is 9.13. The molecule has 0 aliphatic carbocycles. The minimum absolute atomic E-state index is 0.545. The van der Waals surface area contributed by atoms with Crippen molar-refractivity contribution >= 4 is 10.9 Å². The van der Waals surface area contributed by atoms with Gasteiger partial charge in [0.2, 0.25) is 0 Å². The van der Waals surface area contributed by atoms with Gasteiger partial charge in [-0.05, 0) is 32.4 Å². The van der Waals surface area contributed by atoms with E-state index in [1.165, 1.54) is 35.9 Å². The highest BCUT2D eigenvalue weighted by Crippen LogP contribution is 2.20. The molecule has 0 fully saturated rings. The van der Waals surface area contributed by atoms with E-state index in [1.807, 2.05) is 0 Å². The maximum absolute atomic E-state index is 4.81. The fourth-order valence-electron chi connectivity index (χ4n) is 2.79. The minimum atomic E-state index is 0.545. The molecule has 1 heterocycles. The quantitative estimate of drug-likeness (QED) is 0.793. The van der Waals surface area contributed by atoms with Crippen molar-refractivity contribution in [1.82, 2.24) is 15.1 Å². The van der Waals surface area contributed by atoms with Crippen LogP contribution in [0.2, 0.25) is 0 Å². The van der Waals surface area contributed by atoms with Crippen LogP contribution in [0.4, 0.5) is 0 Å². The van der Waals surface area contributed by atoms with E-state index in [0.29, 0.717) is 6.04 Å². The molecule has 0 saturated heterocycles. The van der Waals surface area contributed by atoms with Gasteiger partial charge in [0.1, 0.15) is 0 Å². The SMILES string of the molecule is CCCNC(CCC)Cc1nn(CC)c2ccccc12. The third-order valence-electron chi connectivity index (χ3n) is 3.79. The molecule has 0 amide bonds. The summed E-state index contributed by atoms with van der Waals surface area (Å²) < 4.78 is 2.12. The van der Waals surface area contributed by atoms with Crippen LogP contribution in [0.5, 0.6) is 0 Å². The van der Waals surface area contributed by atoms with Crippen molar-refractivity contribution in [3.8, 4) is 0 Å². The lowest BCUT2D eigenvalue weighted by Crippen LogP contribution is -2.31. The molecule has 1 N–H and O–H groups in total. The Hall–Kier alpha value is -1.35. The standard InChI is InChI=1S/C17H27N3/c1-4-9-14(18-12-5-2)13-16-15-10-7-8-11-17(15)20(6-3)19-16/h7-8,10-11,14,18H,4-6,9,12-13H2,1-3H3.